The molecule has 1 aliphatic carbocycles. The molecule has 4 rings (SSSR count). The topological polar surface area (TPSA) is 109 Å². The molecule has 1 aromatic carbocycles. The number of nitrogen functional groups attached to an aromatic ring is 1. The van der Waals surface area contributed by atoms with Gasteiger partial charge >= 0.3 is 0 Å². The van der Waals surface area contributed by atoms with E-state index >= 15 is 0 Å². The van der Waals surface area contributed by atoms with Crippen molar-refractivity contribution in [1.82, 2.24) is 14.6 Å². The highest BCUT2D eigenvalue weighted by Gasteiger charge is 2.15. The molecule has 0 atom stereocenters. The number of carbonyl (C=O) groups is 1. The number of hydrogen-bond donors (Lipinski definition) is 1. The fraction of sp³-hybridized carbons (Fsp3) is 0.217. The minimum absolute atomic E-state index is 0.105. The molecule has 0 radical (unpaired) electrons. The average molecular weight is 451 g/mol. The largest absolute Gasteiger partial charge is 0.490 e. The van der Waals surface area contributed by atoms with Crippen LogP contribution < -0.4 is 20.8 Å². The highest BCUT2D eigenvalue weighted by Crippen LogP contribution is 2.30. The molecule has 0 amide bonds. The maximum absolute atomic E-state index is 12.6. The van der Waals surface area contributed by atoms with Crippen molar-refractivity contribution in [1.29, 1.82) is 0 Å². The number of allylic oxidation sites excluding steroid dienone is 5. The molecule has 164 valence electrons. The fourth-order valence-electron chi connectivity index (χ4n) is 3.24. The molecular weight excluding hydrogens is 428 g/mol. The van der Waals surface area contributed by atoms with Crippen molar-refractivity contribution in [2.75, 3.05) is 18.9 Å². The summed E-state index contributed by atoms with van der Waals surface area (Å²) in [7, 11) is 0. The van der Waals surface area contributed by atoms with E-state index in [2.05, 4.69) is 10.1 Å². The lowest BCUT2D eigenvalue weighted by atomic mass is 10.1. The first-order chi connectivity index (χ1) is 15.5. The van der Waals surface area contributed by atoms with Crippen LogP contribution in [-0.4, -0.2) is 33.6 Å². The SMILES string of the molecule is CCOc1ccc(Cc2nn3c(N)c(C=C4C=CC(=O)C=C4)c(=O)nc3s2)cc1OCC. The van der Waals surface area contributed by atoms with E-state index in [4.69, 9.17) is 15.2 Å². The van der Waals surface area contributed by atoms with Crippen LogP contribution in [0.5, 0.6) is 11.5 Å². The van der Waals surface area contributed by atoms with Crippen molar-refractivity contribution >= 4 is 34.0 Å². The molecule has 0 fully saturated rings. The number of ketones is 1. The van der Waals surface area contributed by atoms with Crippen LogP contribution in [0.2, 0.25) is 0 Å². The van der Waals surface area contributed by atoms with Crippen LogP contribution in [0.1, 0.15) is 30.0 Å². The van der Waals surface area contributed by atoms with E-state index in [9.17, 15) is 9.59 Å². The lowest BCUT2D eigenvalue weighted by molar-refractivity contribution is -0.110. The number of hydrogen-bond acceptors (Lipinski definition) is 8. The Kier molecular flexibility index (Phi) is 6.18. The molecule has 0 bridgehead atoms. The Morgan fingerprint density at radius 1 is 1.06 bits per heavy atom. The maximum Gasteiger partial charge on any atom is 0.283 e. The molecule has 1 aliphatic rings. The van der Waals surface area contributed by atoms with E-state index in [1.54, 1.807) is 18.2 Å². The van der Waals surface area contributed by atoms with E-state index in [0.29, 0.717) is 41.7 Å². The van der Waals surface area contributed by atoms with Crippen LogP contribution in [0.15, 0.2) is 52.9 Å². The lowest BCUT2D eigenvalue weighted by Crippen LogP contribution is -2.16. The van der Waals surface area contributed by atoms with Gasteiger partial charge < -0.3 is 15.2 Å². The number of anilines is 1. The van der Waals surface area contributed by atoms with Gasteiger partial charge in [0.25, 0.3) is 5.56 Å². The summed E-state index contributed by atoms with van der Waals surface area (Å²) in [4.78, 5) is 28.4. The van der Waals surface area contributed by atoms with Crippen molar-refractivity contribution in [3.05, 3.63) is 74.6 Å². The summed E-state index contributed by atoms with van der Waals surface area (Å²) in [6.45, 7) is 4.93. The predicted octanol–water partition coefficient (Wildman–Crippen LogP) is 3.20. The van der Waals surface area contributed by atoms with Gasteiger partial charge in [0.15, 0.2) is 17.3 Å². The van der Waals surface area contributed by atoms with Gasteiger partial charge in [-0.1, -0.05) is 29.6 Å². The first kappa shape index (κ1) is 21.5. The van der Waals surface area contributed by atoms with Crippen LogP contribution in [0.4, 0.5) is 5.82 Å². The number of nitrogens with two attached hydrogens (primary N) is 1. The normalized spacial score (nSPS) is 13.1. The number of fused-ring (bicyclic) bond motifs is 1. The molecule has 8 nitrogen and oxygen atoms in total. The summed E-state index contributed by atoms with van der Waals surface area (Å²) in [6.07, 6.45) is 8.25. The van der Waals surface area contributed by atoms with E-state index in [1.807, 2.05) is 32.0 Å². The second-order valence-corrected chi connectivity index (χ2v) is 7.98. The lowest BCUT2D eigenvalue weighted by Gasteiger charge is -2.11. The molecule has 32 heavy (non-hydrogen) atoms. The van der Waals surface area contributed by atoms with Crippen LogP contribution in [0.25, 0.3) is 11.0 Å². The second-order valence-electron chi connectivity index (χ2n) is 6.94. The van der Waals surface area contributed by atoms with Crippen LogP contribution in [0.3, 0.4) is 0 Å². The molecular formula is C23H22N4O4S. The molecule has 9 heteroatoms. The van der Waals surface area contributed by atoms with Crippen LogP contribution in [0, 0.1) is 0 Å². The highest BCUT2D eigenvalue weighted by atomic mass is 32.1. The summed E-state index contributed by atoms with van der Waals surface area (Å²) in [5.41, 5.74) is 7.72. The maximum atomic E-state index is 12.6. The number of rotatable bonds is 7. The molecule has 0 saturated heterocycles. The van der Waals surface area contributed by atoms with Gasteiger partial charge in [0, 0.05) is 6.42 Å². The molecule has 0 unspecified atom stereocenters. The third kappa shape index (κ3) is 4.47. The van der Waals surface area contributed by atoms with E-state index in [0.717, 1.165) is 10.6 Å². The number of benzene rings is 1. The molecule has 2 N–H and O–H groups in total. The summed E-state index contributed by atoms with van der Waals surface area (Å²) in [5, 5.41) is 5.32. The van der Waals surface area contributed by atoms with Gasteiger partial charge in [-0.3, -0.25) is 9.59 Å². The molecule has 3 aromatic rings. The van der Waals surface area contributed by atoms with Gasteiger partial charge in [-0.25, -0.2) is 0 Å². The zero-order valence-corrected chi connectivity index (χ0v) is 18.5. The first-order valence-electron chi connectivity index (χ1n) is 10.2. The standard InChI is InChI=1S/C23H22N4O4S/c1-3-30-18-10-7-15(12-19(18)31-4-2)13-20-26-27-21(24)17(22(29)25-23(27)32-20)11-14-5-8-16(28)9-6-14/h5-12H,3-4,13,24H2,1-2H3. The van der Waals surface area contributed by atoms with E-state index < -0.39 is 5.56 Å². The van der Waals surface area contributed by atoms with Crippen molar-refractivity contribution in [3.63, 3.8) is 0 Å². The molecule has 0 saturated carbocycles. The van der Waals surface area contributed by atoms with Gasteiger partial charge in [0.05, 0.1) is 18.8 Å². The monoisotopic (exact) mass is 450 g/mol. The Labute approximate surface area is 188 Å². The Morgan fingerprint density at radius 3 is 2.50 bits per heavy atom. The fourth-order valence-corrected chi connectivity index (χ4v) is 4.17. The summed E-state index contributed by atoms with van der Waals surface area (Å²) in [5.74, 6) is 1.48. The Balaban J connectivity index is 1.67. The number of nitrogens with zero attached hydrogens (tertiary/aromatic N) is 3. The number of ether oxygens (including phenoxy) is 2. The smallest absolute Gasteiger partial charge is 0.283 e. The van der Waals surface area contributed by atoms with Crippen LogP contribution >= 0.6 is 11.3 Å². The van der Waals surface area contributed by atoms with E-state index in [1.165, 1.54) is 28.0 Å². The summed E-state index contributed by atoms with van der Waals surface area (Å²) in [6, 6.07) is 5.77. The number of carbonyl (C=O) groups excluding carboxylic acids is 1. The minimum atomic E-state index is -0.441. The Morgan fingerprint density at radius 2 is 1.78 bits per heavy atom. The third-order valence-electron chi connectivity index (χ3n) is 4.69. The van der Waals surface area contributed by atoms with Gasteiger partial charge in [-0.15, -0.1) is 0 Å². The quantitative estimate of drug-likeness (QED) is 0.589. The predicted molar refractivity (Wildman–Crippen MR) is 124 cm³/mol. The minimum Gasteiger partial charge on any atom is -0.490 e. The second kappa shape index (κ2) is 9.19. The molecule has 2 heterocycles. The van der Waals surface area contributed by atoms with E-state index in [-0.39, 0.29) is 17.2 Å². The Hall–Kier alpha value is -3.72. The van der Waals surface area contributed by atoms with Crippen molar-refractivity contribution < 1.29 is 14.3 Å². The molecule has 0 aliphatic heterocycles. The summed E-state index contributed by atoms with van der Waals surface area (Å²) < 4.78 is 12.8. The van der Waals surface area contributed by atoms with Crippen molar-refractivity contribution in [2.24, 2.45) is 0 Å². The molecule has 2 aromatic heterocycles. The molecule has 0 spiro atoms. The van der Waals surface area contributed by atoms with Gasteiger partial charge in [-0.2, -0.15) is 14.6 Å². The zero-order valence-electron chi connectivity index (χ0n) is 17.7. The van der Waals surface area contributed by atoms with Crippen molar-refractivity contribution in [3.8, 4) is 11.5 Å². The Bertz CT molecular complexity index is 1320. The summed E-state index contributed by atoms with van der Waals surface area (Å²) >= 11 is 1.30. The van der Waals surface area contributed by atoms with Crippen LogP contribution in [-0.2, 0) is 11.2 Å². The zero-order chi connectivity index (χ0) is 22.7. The third-order valence-corrected chi connectivity index (χ3v) is 5.60. The van der Waals surface area contributed by atoms with Crippen molar-refractivity contribution in [2.45, 2.75) is 20.3 Å². The van der Waals surface area contributed by atoms with Gasteiger partial charge in [-0.05, 0) is 55.3 Å². The highest BCUT2D eigenvalue weighted by molar-refractivity contribution is 7.16. The first-order valence-corrected chi connectivity index (χ1v) is 11.0. The van der Waals surface area contributed by atoms with Gasteiger partial charge in [0.2, 0.25) is 4.96 Å². The average Bonchev–Trinajstić information content (AvgIpc) is 3.17. The number of aromatic nitrogens is 3. The van der Waals surface area contributed by atoms with Gasteiger partial charge in [0.1, 0.15) is 10.8 Å².